The van der Waals surface area contributed by atoms with E-state index in [9.17, 15) is 22.4 Å². The van der Waals surface area contributed by atoms with Crippen LogP contribution >= 0.6 is 0 Å². The first-order valence-corrected chi connectivity index (χ1v) is 10.4. The van der Waals surface area contributed by atoms with Crippen LogP contribution in [0.2, 0.25) is 0 Å². The molecule has 0 amide bonds. The average Bonchev–Trinajstić information content (AvgIpc) is 2.74. The Morgan fingerprint density at radius 3 is 2.52 bits per heavy atom. The van der Waals surface area contributed by atoms with Gasteiger partial charge in [-0.2, -0.15) is 13.2 Å². The van der Waals surface area contributed by atoms with Gasteiger partial charge in [-0.3, -0.25) is 4.79 Å². The summed E-state index contributed by atoms with van der Waals surface area (Å²) in [5.74, 6) is -2.27. The minimum Gasteiger partial charge on any atom is -0.469 e. The monoisotopic (exact) mass is 437 g/mol. The van der Waals surface area contributed by atoms with E-state index in [1.54, 1.807) is 0 Å². The molecule has 2 aromatic carbocycles. The molecule has 1 aliphatic rings. The van der Waals surface area contributed by atoms with Crippen molar-refractivity contribution in [2.75, 3.05) is 7.11 Å². The van der Waals surface area contributed by atoms with Gasteiger partial charge in [0, 0.05) is 24.4 Å². The Labute approximate surface area is 179 Å². The summed E-state index contributed by atoms with van der Waals surface area (Å²) in [7, 11) is 1.30. The fourth-order valence-corrected chi connectivity index (χ4v) is 4.63. The van der Waals surface area contributed by atoms with Crippen molar-refractivity contribution < 1.29 is 27.1 Å². The highest BCUT2D eigenvalue weighted by atomic mass is 19.4. The van der Waals surface area contributed by atoms with Gasteiger partial charge in [-0.05, 0) is 48.9 Å². The van der Waals surface area contributed by atoms with Gasteiger partial charge in [0.15, 0.2) is 0 Å². The molecule has 2 aromatic rings. The Balaban J connectivity index is 1.96. The van der Waals surface area contributed by atoms with Crippen molar-refractivity contribution in [2.24, 2.45) is 5.92 Å². The maximum atomic E-state index is 13.9. The maximum absolute atomic E-state index is 13.9. The van der Waals surface area contributed by atoms with Gasteiger partial charge in [0.2, 0.25) is 0 Å². The van der Waals surface area contributed by atoms with Gasteiger partial charge in [0.05, 0.1) is 12.7 Å². The first-order chi connectivity index (χ1) is 14.7. The molecule has 1 saturated carbocycles. The number of hydrogen-bond donors (Lipinski definition) is 1. The van der Waals surface area contributed by atoms with E-state index in [-0.39, 0.29) is 30.3 Å². The van der Waals surface area contributed by atoms with Crippen molar-refractivity contribution in [3.63, 3.8) is 0 Å². The smallest absolute Gasteiger partial charge is 0.419 e. The summed E-state index contributed by atoms with van der Waals surface area (Å²) in [5.41, 5.74) is 0.175. The van der Waals surface area contributed by atoms with Crippen molar-refractivity contribution in [2.45, 2.75) is 56.8 Å². The largest absolute Gasteiger partial charge is 0.469 e. The van der Waals surface area contributed by atoms with Crippen LogP contribution in [0, 0.1) is 11.7 Å². The number of carbonyl (C=O) groups excluding carboxylic acids is 1. The van der Waals surface area contributed by atoms with Crippen molar-refractivity contribution in [1.29, 1.82) is 0 Å². The molecule has 7 heteroatoms. The topological polar surface area (TPSA) is 38.3 Å². The predicted octanol–water partition coefficient (Wildman–Crippen LogP) is 6.01. The van der Waals surface area contributed by atoms with Crippen molar-refractivity contribution in [1.82, 2.24) is 5.32 Å². The van der Waals surface area contributed by atoms with Crippen LogP contribution in [0.3, 0.4) is 0 Å². The zero-order valence-corrected chi connectivity index (χ0v) is 17.6. The fraction of sp³-hybridized carbons (Fsp3) is 0.458. The third kappa shape index (κ3) is 5.64. The zero-order valence-electron chi connectivity index (χ0n) is 17.6. The van der Waals surface area contributed by atoms with Crippen molar-refractivity contribution >= 4 is 5.97 Å². The van der Waals surface area contributed by atoms with E-state index in [0.29, 0.717) is 12.0 Å². The van der Waals surface area contributed by atoms with Crippen molar-refractivity contribution in [3.05, 3.63) is 71.0 Å². The van der Waals surface area contributed by atoms with E-state index in [1.807, 2.05) is 37.3 Å². The summed E-state index contributed by atoms with van der Waals surface area (Å²) in [5, 5.41) is 3.55. The molecular weight excluding hydrogens is 410 g/mol. The molecule has 0 saturated heterocycles. The SMILES string of the molecule is COC(=O)CC1CCCC(NC(C)c2ccccc2)C1c1ccc(F)c(C(F)(F)F)c1. The molecule has 0 radical (unpaired) electrons. The lowest BCUT2D eigenvalue weighted by Crippen LogP contribution is -2.43. The summed E-state index contributed by atoms with van der Waals surface area (Å²) in [6.07, 6.45) is -2.40. The summed E-state index contributed by atoms with van der Waals surface area (Å²) in [4.78, 5) is 12.0. The third-order valence-electron chi connectivity index (χ3n) is 6.13. The first kappa shape index (κ1) is 23.3. The van der Waals surface area contributed by atoms with Crippen LogP contribution in [0.1, 0.15) is 61.3 Å². The number of alkyl halides is 3. The van der Waals surface area contributed by atoms with Gasteiger partial charge < -0.3 is 10.1 Å². The molecule has 0 bridgehead atoms. The lowest BCUT2D eigenvalue weighted by Gasteiger charge is -2.40. The second kappa shape index (κ2) is 9.81. The van der Waals surface area contributed by atoms with Crippen LogP contribution in [-0.4, -0.2) is 19.1 Å². The van der Waals surface area contributed by atoms with Gasteiger partial charge in [0.25, 0.3) is 0 Å². The Kier molecular flexibility index (Phi) is 7.36. The molecule has 3 rings (SSSR count). The minimum atomic E-state index is -4.78. The normalized spacial score (nSPS) is 22.7. The van der Waals surface area contributed by atoms with Crippen molar-refractivity contribution in [3.8, 4) is 0 Å². The number of esters is 1. The van der Waals surface area contributed by atoms with E-state index in [1.165, 1.54) is 13.2 Å². The maximum Gasteiger partial charge on any atom is 0.419 e. The van der Waals surface area contributed by atoms with Gasteiger partial charge in [-0.1, -0.05) is 42.8 Å². The molecule has 3 nitrogen and oxygen atoms in total. The molecule has 0 heterocycles. The predicted molar refractivity (Wildman–Crippen MR) is 110 cm³/mol. The van der Waals surface area contributed by atoms with E-state index >= 15 is 0 Å². The summed E-state index contributed by atoms with van der Waals surface area (Å²) < 4.78 is 58.8. The Bertz CT molecular complexity index is 885. The molecule has 1 aliphatic carbocycles. The number of nitrogens with one attached hydrogen (secondary N) is 1. The molecule has 4 atom stereocenters. The molecule has 1 fully saturated rings. The van der Waals surface area contributed by atoms with E-state index in [0.717, 1.165) is 30.5 Å². The minimum absolute atomic E-state index is 0.0342. The highest BCUT2D eigenvalue weighted by molar-refractivity contribution is 5.69. The lowest BCUT2D eigenvalue weighted by atomic mass is 9.70. The van der Waals surface area contributed by atoms with Gasteiger partial charge >= 0.3 is 12.1 Å². The van der Waals surface area contributed by atoms with Crippen LogP contribution in [0.4, 0.5) is 17.6 Å². The fourth-order valence-electron chi connectivity index (χ4n) is 4.63. The molecule has 0 spiro atoms. The number of hydrogen-bond acceptors (Lipinski definition) is 3. The number of carbonyl (C=O) groups is 1. The summed E-state index contributed by atoms with van der Waals surface area (Å²) in [6, 6.07) is 12.7. The van der Waals surface area contributed by atoms with E-state index in [2.05, 4.69) is 5.32 Å². The van der Waals surface area contributed by atoms with Crippen LogP contribution in [0.15, 0.2) is 48.5 Å². The molecule has 1 N–H and O–H groups in total. The molecule has 31 heavy (non-hydrogen) atoms. The highest BCUT2D eigenvalue weighted by Gasteiger charge is 2.39. The summed E-state index contributed by atoms with van der Waals surface area (Å²) >= 11 is 0. The van der Waals surface area contributed by atoms with Crippen LogP contribution < -0.4 is 5.32 Å². The second-order valence-corrected chi connectivity index (χ2v) is 8.14. The molecule has 0 aromatic heterocycles. The van der Waals surface area contributed by atoms with Crippen LogP contribution in [0.5, 0.6) is 0 Å². The second-order valence-electron chi connectivity index (χ2n) is 8.14. The number of methoxy groups -OCH3 is 1. The molecule has 168 valence electrons. The summed E-state index contributed by atoms with van der Waals surface area (Å²) in [6.45, 7) is 2.00. The number of rotatable bonds is 6. The lowest BCUT2D eigenvalue weighted by molar-refractivity contribution is -0.142. The first-order valence-electron chi connectivity index (χ1n) is 10.4. The molecule has 4 unspecified atom stereocenters. The van der Waals surface area contributed by atoms with Crippen LogP contribution in [-0.2, 0) is 15.7 Å². The Morgan fingerprint density at radius 2 is 1.87 bits per heavy atom. The number of benzene rings is 2. The van der Waals surface area contributed by atoms with Gasteiger partial charge in [-0.15, -0.1) is 0 Å². The van der Waals surface area contributed by atoms with Crippen LogP contribution in [0.25, 0.3) is 0 Å². The average molecular weight is 437 g/mol. The van der Waals surface area contributed by atoms with E-state index < -0.39 is 23.5 Å². The third-order valence-corrected chi connectivity index (χ3v) is 6.13. The van der Waals surface area contributed by atoms with E-state index in [4.69, 9.17) is 4.74 Å². The molecular formula is C24H27F4NO2. The van der Waals surface area contributed by atoms with Gasteiger partial charge in [0.1, 0.15) is 5.82 Å². The van der Waals surface area contributed by atoms with Gasteiger partial charge in [-0.25, -0.2) is 4.39 Å². The number of ether oxygens (including phenoxy) is 1. The highest BCUT2D eigenvalue weighted by Crippen LogP contribution is 2.43. The zero-order chi connectivity index (χ0) is 22.6. The number of halogens is 4. The quantitative estimate of drug-likeness (QED) is 0.444. The standard InChI is InChI=1S/C24H27F4NO2/c1-15(16-7-4-3-5-8-16)29-21-10-6-9-17(14-22(30)31-2)23(21)18-11-12-20(25)19(13-18)24(26,27)28/h3-5,7-8,11-13,15,17,21,23,29H,6,9-10,14H2,1-2H3. The molecule has 0 aliphatic heterocycles. The Hall–Kier alpha value is -2.41. The Morgan fingerprint density at radius 1 is 1.16 bits per heavy atom.